The monoisotopic (exact) mass is 277 g/mol. The second kappa shape index (κ2) is 5.59. The van der Waals surface area contributed by atoms with Crippen molar-refractivity contribution in [1.29, 1.82) is 0 Å². The van der Waals surface area contributed by atoms with Crippen molar-refractivity contribution in [2.75, 3.05) is 17.7 Å². The number of aryl methyl sites for hydroxylation is 1. The highest BCUT2D eigenvalue weighted by molar-refractivity contribution is 9.10. The number of nitrogens with one attached hydrogen (secondary N) is 1. The van der Waals surface area contributed by atoms with Gasteiger partial charge in [0.1, 0.15) is 0 Å². The number of hydrogen-bond acceptors (Lipinski definition) is 2. The van der Waals surface area contributed by atoms with Gasteiger partial charge >= 0.3 is 0 Å². The number of aliphatic hydroxyl groups excluding tert-OH is 1. The molecule has 0 aromatic heterocycles. The largest absolute Gasteiger partial charge is 0.390 e. The molecule has 0 fully saturated rings. The zero-order chi connectivity index (χ0) is 10.6. The van der Waals surface area contributed by atoms with Crippen LogP contribution >= 0.6 is 27.5 Å². The molecule has 0 saturated heterocycles. The Balaban J connectivity index is 2.55. The topological polar surface area (TPSA) is 32.3 Å². The first-order valence-electron chi connectivity index (χ1n) is 4.37. The Labute approximate surface area is 97.4 Å². The van der Waals surface area contributed by atoms with Crippen LogP contribution in [0, 0.1) is 6.92 Å². The van der Waals surface area contributed by atoms with Crippen molar-refractivity contribution < 1.29 is 5.11 Å². The number of anilines is 1. The Morgan fingerprint density at radius 1 is 1.57 bits per heavy atom. The number of hydrogen-bond donors (Lipinski definition) is 2. The van der Waals surface area contributed by atoms with Gasteiger partial charge in [0.05, 0.1) is 12.0 Å². The molecular weight excluding hydrogens is 265 g/mol. The Bertz CT molecular complexity index is 306. The molecule has 1 aromatic rings. The summed E-state index contributed by atoms with van der Waals surface area (Å²) in [6.07, 6.45) is -0.503. The summed E-state index contributed by atoms with van der Waals surface area (Å²) in [6.45, 7) is 2.50. The fourth-order valence-electron chi connectivity index (χ4n) is 0.993. The number of halogens is 2. The molecule has 0 aliphatic heterocycles. The van der Waals surface area contributed by atoms with Crippen LogP contribution in [0.5, 0.6) is 0 Å². The Morgan fingerprint density at radius 2 is 2.29 bits per heavy atom. The molecule has 0 bridgehead atoms. The van der Waals surface area contributed by atoms with Crippen LogP contribution in [0.15, 0.2) is 22.7 Å². The molecule has 2 N–H and O–H groups in total. The number of rotatable bonds is 4. The zero-order valence-corrected chi connectivity index (χ0v) is 10.3. The van der Waals surface area contributed by atoms with E-state index >= 15 is 0 Å². The van der Waals surface area contributed by atoms with Gasteiger partial charge in [-0.2, -0.15) is 0 Å². The summed E-state index contributed by atoms with van der Waals surface area (Å²) in [7, 11) is 0. The molecule has 2 nitrogen and oxygen atoms in total. The van der Waals surface area contributed by atoms with Crippen LogP contribution in [0.3, 0.4) is 0 Å². The molecule has 14 heavy (non-hydrogen) atoms. The standard InChI is InChI=1S/C10H13BrClNO/c1-7-2-3-8(4-10(7)11)13-6-9(14)5-12/h2-4,9,13-14H,5-6H2,1H3. The predicted octanol–water partition coefficient (Wildman–Crippen LogP) is 2.77. The van der Waals surface area contributed by atoms with Crippen LogP contribution in [-0.2, 0) is 0 Å². The minimum atomic E-state index is -0.503. The van der Waals surface area contributed by atoms with E-state index in [1.807, 2.05) is 25.1 Å². The second-order valence-corrected chi connectivity index (χ2v) is 4.32. The lowest BCUT2D eigenvalue weighted by atomic mass is 10.2. The molecule has 1 atom stereocenters. The summed E-state index contributed by atoms with van der Waals surface area (Å²) in [5, 5.41) is 12.3. The van der Waals surface area contributed by atoms with Gasteiger partial charge in [0.2, 0.25) is 0 Å². The summed E-state index contributed by atoms with van der Waals surface area (Å²) in [4.78, 5) is 0. The van der Waals surface area contributed by atoms with E-state index in [0.29, 0.717) is 6.54 Å². The molecule has 0 spiro atoms. The van der Waals surface area contributed by atoms with E-state index in [-0.39, 0.29) is 5.88 Å². The molecule has 0 aliphatic rings. The summed E-state index contributed by atoms with van der Waals surface area (Å²) in [6, 6.07) is 5.97. The molecule has 0 saturated carbocycles. The van der Waals surface area contributed by atoms with Crippen molar-refractivity contribution in [2.45, 2.75) is 13.0 Å². The SMILES string of the molecule is Cc1ccc(NCC(O)CCl)cc1Br. The highest BCUT2D eigenvalue weighted by atomic mass is 79.9. The van der Waals surface area contributed by atoms with Gasteiger partial charge in [-0.15, -0.1) is 11.6 Å². The van der Waals surface area contributed by atoms with E-state index in [9.17, 15) is 5.11 Å². The van der Waals surface area contributed by atoms with E-state index in [0.717, 1.165) is 10.2 Å². The van der Waals surface area contributed by atoms with Crippen LogP contribution in [0.2, 0.25) is 0 Å². The first-order chi connectivity index (χ1) is 6.63. The van der Waals surface area contributed by atoms with Crippen LogP contribution in [0.4, 0.5) is 5.69 Å². The van der Waals surface area contributed by atoms with Crippen molar-refractivity contribution in [2.24, 2.45) is 0 Å². The summed E-state index contributed by atoms with van der Waals surface area (Å²) < 4.78 is 1.06. The molecule has 0 heterocycles. The lowest BCUT2D eigenvalue weighted by molar-refractivity contribution is 0.211. The van der Waals surface area contributed by atoms with E-state index in [4.69, 9.17) is 11.6 Å². The third kappa shape index (κ3) is 3.48. The van der Waals surface area contributed by atoms with Crippen LogP contribution in [-0.4, -0.2) is 23.6 Å². The zero-order valence-electron chi connectivity index (χ0n) is 7.93. The summed E-state index contributed by atoms with van der Waals surface area (Å²) in [5.74, 6) is 0.250. The van der Waals surface area contributed by atoms with E-state index in [1.54, 1.807) is 0 Å². The average molecular weight is 279 g/mol. The molecule has 0 aliphatic carbocycles. The van der Waals surface area contributed by atoms with Gasteiger partial charge in [-0.05, 0) is 24.6 Å². The van der Waals surface area contributed by atoms with Gasteiger partial charge in [-0.1, -0.05) is 22.0 Å². The minimum Gasteiger partial charge on any atom is -0.390 e. The van der Waals surface area contributed by atoms with Gasteiger partial charge in [-0.25, -0.2) is 0 Å². The third-order valence-corrected chi connectivity index (χ3v) is 3.10. The number of alkyl halides is 1. The summed E-state index contributed by atoms with van der Waals surface area (Å²) >= 11 is 8.92. The predicted molar refractivity (Wildman–Crippen MR) is 64.1 cm³/mol. The smallest absolute Gasteiger partial charge is 0.0847 e. The molecule has 0 amide bonds. The van der Waals surface area contributed by atoms with Crippen LogP contribution in [0.25, 0.3) is 0 Å². The van der Waals surface area contributed by atoms with Crippen molar-refractivity contribution in [3.63, 3.8) is 0 Å². The molecule has 1 aromatic carbocycles. The van der Waals surface area contributed by atoms with E-state index in [1.165, 1.54) is 5.56 Å². The van der Waals surface area contributed by atoms with Gasteiger partial charge in [0, 0.05) is 16.7 Å². The Hall–Kier alpha value is -0.250. The first-order valence-corrected chi connectivity index (χ1v) is 5.70. The van der Waals surface area contributed by atoms with Crippen LogP contribution in [0.1, 0.15) is 5.56 Å². The molecular formula is C10H13BrClNO. The maximum absolute atomic E-state index is 9.24. The van der Waals surface area contributed by atoms with Crippen molar-refractivity contribution in [3.8, 4) is 0 Å². The quantitative estimate of drug-likeness (QED) is 0.830. The van der Waals surface area contributed by atoms with Crippen LogP contribution < -0.4 is 5.32 Å². The van der Waals surface area contributed by atoms with Gasteiger partial charge in [0.15, 0.2) is 0 Å². The highest BCUT2D eigenvalue weighted by Crippen LogP contribution is 2.20. The van der Waals surface area contributed by atoms with E-state index in [2.05, 4.69) is 21.2 Å². The lowest BCUT2D eigenvalue weighted by Crippen LogP contribution is -2.20. The molecule has 4 heteroatoms. The van der Waals surface area contributed by atoms with Crippen molar-refractivity contribution in [1.82, 2.24) is 0 Å². The third-order valence-electron chi connectivity index (χ3n) is 1.89. The fourth-order valence-corrected chi connectivity index (χ4v) is 1.48. The maximum Gasteiger partial charge on any atom is 0.0847 e. The Kier molecular flexibility index (Phi) is 4.72. The van der Waals surface area contributed by atoms with Gasteiger partial charge in [-0.3, -0.25) is 0 Å². The fraction of sp³-hybridized carbons (Fsp3) is 0.400. The minimum absolute atomic E-state index is 0.250. The summed E-state index contributed by atoms with van der Waals surface area (Å²) in [5.41, 5.74) is 2.17. The van der Waals surface area contributed by atoms with E-state index < -0.39 is 6.10 Å². The molecule has 78 valence electrons. The second-order valence-electron chi connectivity index (χ2n) is 3.15. The number of aliphatic hydroxyl groups is 1. The van der Waals surface area contributed by atoms with Gasteiger partial charge in [0.25, 0.3) is 0 Å². The van der Waals surface area contributed by atoms with Crippen molar-refractivity contribution in [3.05, 3.63) is 28.2 Å². The number of benzene rings is 1. The molecule has 1 unspecified atom stereocenters. The normalized spacial score (nSPS) is 12.6. The van der Waals surface area contributed by atoms with Crippen molar-refractivity contribution >= 4 is 33.2 Å². The van der Waals surface area contributed by atoms with Gasteiger partial charge < -0.3 is 10.4 Å². The average Bonchev–Trinajstić information content (AvgIpc) is 2.19. The first kappa shape index (κ1) is 11.8. The lowest BCUT2D eigenvalue weighted by Gasteiger charge is -2.10. The molecule has 0 radical (unpaired) electrons. The maximum atomic E-state index is 9.24. The molecule has 1 rings (SSSR count). The highest BCUT2D eigenvalue weighted by Gasteiger charge is 2.02. The Morgan fingerprint density at radius 3 is 2.86 bits per heavy atom.